The molecule has 0 aliphatic rings. The van der Waals surface area contributed by atoms with E-state index in [4.69, 9.17) is 0 Å². The fraction of sp³-hybridized carbons (Fsp3) is 0.154. The molecule has 0 saturated heterocycles. The molecular weight excluding hydrogens is 262 g/mol. The van der Waals surface area contributed by atoms with Gasteiger partial charge in [0, 0.05) is 11.9 Å². The second kappa shape index (κ2) is 5.38. The highest BCUT2D eigenvalue weighted by Crippen LogP contribution is 2.17. The minimum Gasteiger partial charge on any atom is -0.340 e. The molecule has 0 bridgehead atoms. The number of anilines is 2. The van der Waals surface area contributed by atoms with Gasteiger partial charge in [-0.1, -0.05) is 0 Å². The summed E-state index contributed by atoms with van der Waals surface area (Å²) in [5.74, 6) is 0.726. The van der Waals surface area contributed by atoms with E-state index >= 15 is 0 Å². The number of nitrogens with one attached hydrogen (secondary N) is 2. The second-order valence-corrected chi connectivity index (χ2v) is 5.96. The molecule has 0 fully saturated rings. The maximum Gasteiger partial charge on any atom is 0.240 e. The Kier molecular flexibility index (Phi) is 3.82. The van der Waals surface area contributed by atoms with Gasteiger partial charge in [0.25, 0.3) is 0 Å². The largest absolute Gasteiger partial charge is 0.340 e. The third-order valence-electron chi connectivity index (χ3n) is 2.62. The summed E-state index contributed by atoms with van der Waals surface area (Å²) < 4.78 is 25.4. The molecule has 5 nitrogen and oxygen atoms in total. The molecule has 0 aliphatic heterocycles. The highest BCUT2D eigenvalue weighted by Gasteiger charge is 2.10. The SMILES string of the molecule is CNS(=O)(=O)c1ccc(Nc2cc(C)ccn2)cc1. The van der Waals surface area contributed by atoms with Crippen LogP contribution in [0, 0.1) is 6.92 Å². The van der Waals surface area contributed by atoms with Crippen LogP contribution in [-0.4, -0.2) is 20.4 Å². The van der Waals surface area contributed by atoms with Crippen molar-refractivity contribution in [3.8, 4) is 0 Å². The average molecular weight is 277 g/mol. The van der Waals surface area contributed by atoms with Crippen molar-refractivity contribution in [1.29, 1.82) is 0 Å². The summed E-state index contributed by atoms with van der Waals surface area (Å²) in [5, 5.41) is 3.12. The minimum absolute atomic E-state index is 0.234. The number of benzene rings is 1. The van der Waals surface area contributed by atoms with Gasteiger partial charge >= 0.3 is 0 Å². The van der Waals surface area contributed by atoms with Gasteiger partial charge in [-0.05, 0) is 55.9 Å². The number of hydrogen-bond donors (Lipinski definition) is 2. The van der Waals surface area contributed by atoms with E-state index < -0.39 is 10.0 Å². The topological polar surface area (TPSA) is 71.1 Å². The van der Waals surface area contributed by atoms with E-state index in [1.807, 2.05) is 19.1 Å². The van der Waals surface area contributed by atoms with Gasteiger partial charge < -0.3 is 5.32 Å². The number of sulfonamides is 1. The number of aryl methyl sites for hydroxylation is 1. The molecule has 0 unspecified atom stereocenters. The molecule has 0 amide bonds. The lowest BCUT2D eigenvalue weighted by molar-refractivity contribution is 0.588. The van der Waals surface area contributed by atoms with E-state index in [0.717, 1.165) is 17.1 Å². The zero-order chi connectivity index (χ0) is 13.9. The molecule has 0 aliphatic carbocycles. The maximum atomic E-state index is 11.6. The number of hydrogen-bond acceptors (Lipinski definition) is 4. The molecule has 0 spiro atoms. The van der Waals surface area contributed by atoms with Crippen LogP contribution < -0.4 is 10.0 Å². The summed E-state index contributed by atoms with van der Waals surface area (Å²) in [4.78, 5) is 4.41. The standard InChI is InChI=1S/C13H15N3O2S/c1-10-7-8-15-13(9-10)16-11-3-5-12(6-4-11)19(17,18)14-2/h3-9,14H,1-2H3,(H,15,16). The molecule has 2 rings (SSSR count). The number of rotatable bonds is 4. The second-order valence-electron chi connectivity index (χ2n) is 4.08. The molecule has 0 atom stereocenters. The number of aromatic nitrogens is 1. The Hall–Kier alpha value is -1.92. The lowest BCUT2D eigenvalue weighted by Gasteiger charge is -2.07. The van der Waals surface area contributed by atoms with Gasteiger partial charge in [0.1, 0.15) is 5.82 Å². The van der Waals surface area contributed by atoms with Gasteiger partial charge in [-0.2, -0.15) is 0 Å². The summed E-state index contributed by atoms with van der Waals surface area (Å²) in [6, 6.07) is 10.3. The van der Waals surface area contributed by atoms with Crippen molar-refractivity contribution in [3.05, 3.63) is 48.2 Å². The van der Waals surface area contributed by atoms with Crippen molar-refractivity contribution in [2.45, 2.75) is 11.8 Å². The predicted octanol–water partition coefficient (Wildman–Crippen LogP) is 2.04. The number of nitrogens with zero attached hydrogens (tertiary/aromatic N) is 1. The van der Waals surface area contributed by atoms with E-state index in [2.05, 4.69) is 15.0 Å². The molecule has 0 saturated carbocycles. The first-order valence-electron chi connectivity index (χ1n) is 5.74. The Morgan fingerprint density at radius 1 is 1.11 bits per heavy atom. The van der Waals surface area contributed by atoms with E-state index in [-0.39, 0.29) is 4.90 Å². The summed E-state index contributed by atoms with van der Waals surface area (Å²) in [7, 11) is -2.00. The Morgan fingerprint density at radius 3 is 2.37 bits per heavy atom. The molecule has 2 aromatic rings. The molecule has 2 N–H and O–H groups in total. The van der Waals surface area contributed by atoms with E-state index in [0.29, 0.717) is 0 Å². The Bertz CT molecular complexity index is 667. The molecule has 100 valence electrons. The maximum absolute atomic E-state index is 11.6. The average Bonchev–Trinajstić information content (AvgIpc) is 2.39. The van der Waals surface area contributed by atoms with Crippen LogP contribution in [0.1, 0.15) is 5.56 Å². The first kappa shape index (κ1) is 13.5. The van der Waals surface area contributed by atoms with Crippen molar-refractivity contribution in [2.24, 2.45) is 0 Å². The molecule has 1 aromatic carbocycles. The highest BCUT2D eigenvalue weighted by molar-refractivity contribution is 7.89. The fourth-order valence-electron chi connectivity index (χ4n) is 1.59. The van der Waals surface area contributed by atoms with Gasteiger partial charge in [-0.25, -0.2) is 18.1 Å². The van der Waals surface area contributed by atoms with Crippen molar-refractivity contribution in [1.82, 2.24) is 9.71 Å². The molecule has 1 heterocycles. The Labute approximate surface area is 112 Å². The van der Waals surface area contributed by atoms with Crippen LogP contribution in [0.2, 0.25) is 0 Å². The van der Waals surface area contributed by atoms with Crippen LogP contribution in [0.4, 0.5) is 11.5 Å². The summed E-state index contributed by atoms with van der Waals surface area (Å²) in [6.45, 7) is 1.98. The normalized spacial score (nSPS) is 11.3. The van der Waals surface area contributed by atoms with Gasteiger partial charge in [-0.15, -0.1) is 0 Å². The van der Waals surface area contributed by atoms with Crippen LogP contribution in [0.3, 0.4) is 0 Å². The van der Waals surface area contributed by atoms with Crippen molar-refractivity contribution >= 4 is 21.5 Å². The van der Waals surface area contributed by atoms with Crippen LogP contribution >= 0.6 is 0 Å². The lowest BCUT2D eigenvalue weighted by Crippen LogP contribution is -2.18. The smallest absolute Gasteiger partial charge is 0.240 e. The first-order chi connectivity index (χ1) is 9.01. The predicted molar refractivity (Wildman–Crippen MR) is 74.9 cm³/mol. The Balaban J connectivity index is 2.20. The van der Waals surface area contributed by atoms with Crippen molar-refractivity contribution in [3.63, 3.8) is 0 Å². The zero-order valence-electron chi connectivity index (χ0n) is 10.7. The molecular formula is C13H15N3O2S. The van der Waals surface area contributed by atoms with Gasteiger partial charge in [0.15, 0.2) is 0 Å². The number of pyridine rings is 1. The molecule has 0 radical (unpaired) electrons. The van der Waals surface area contributed by atoms with E-state index in [1.165, 1.54) is 7.05 Å². The molecule has 6 heteroatoms. The monoisotopic (exact) mass is 277 g/mol. The lowest BCUT2D eigenvalue weighted by atomic mass is 10.3. The van der Waals surface area contributed by atoms with Gasteiger partial charge in [0.2, 0.25) is 10.0 Å². The highest BCUT2D eigenvalue weighted by atomic mass is 32.2. The van der Waals surface area contributed by atoms with Crippen molar-refractivity contribution in [2.75, 3.05) is 12.4 Å². The first-order valence-corrected chi connectivity index (χ1v) is 7.23. The summed E-state index contributed by atoms with van der Waals surface area (Å²) >= 11 is 0. The zero-order valence-corrected chi connectivity index (χ0v) is 11.5. The summed E-state index contributed by atoms with van der Waals surface area (Å²) in [6.07, 6.45) is 1.72. The molecule has 19 heavy (non-hydrogen) atoms. The van der Waals surface area contributed by atoms with Crippen LogP contribution in [-0.2, 0) is 10.0 Å². The molecule has 1 aromatic heterocycles. The minimum atomic E-state index is -3.39. The fourth-order valence-corrected chi connectivity index (χ4v) is 2.32. The van der Waals surface area contributed by atoms with E-state index in [1.54, 1.807) is 30.5 Å². The van der Waals surface area contributed by atoms with Gasteiger partial charge in [-0.3, -0.25) is 0 Å². The van der Waals surface area contributed by atoms with Crippen LogP contribution in [0.25, 0.3) is 0 Å². The quantitative estimate of drug-likeness (QED) is 0.897. The summed E-state index contributed by atoms with van der Waals surface area (Å²) in [5.41, 5.74) is 1.89. The third kappa shape index (κ3) is 3.30. The van der Waals surface area contributed by atoms with Crippen molar-refractivity contribution < 1.29 is 8.42 Å². The van der Waals surface area contributed by atoms with Gasteiger partial charge in [0.05, 0.1) is 4.90 Å². The van der Waals surface area contributed by atoms with E-state index in [9.17, 15) is 8.42 Å². The Morgan fingerprint density at radius 2 is 1.79 bits per heavy atom. The van der Waals surface area contributed by atoms with Crippen LogP contribution in [0.5, 0.6) is 0 Å². The van der Waals surface area contributed by atoms with Crippen LogP contribution in [0.15, 0.2) is 47.5 Å². The third-order valence-corrected chi connectivity index (χ3v) is 4.05.